The van der Waals surface area contributed by atoms with Gasteiger partial charge in [0, 0.05) is 32.0 Å². The molecule has 0 bridgehead atoms. The molecule has 0 aliphatic rings. The highest BCUT2D eigenvalue weighted by Gasteiger charge is 2.23. The lowest BCUT2D eigenvalue weighted by Crippen LogP contribution is -2.46. The van der Waals surface area contributed by atoms with E-state index in [1.165, 1.54) is 7.05 Å². The average Bonchev–Trinajstić information content (AvgIpc) is 2.95. The van der Waals surface area contributed by atoms with Gasteiger partial charge in [-0.1, -0.05) is 13.8 Å². The van der Waals surface area contributed by atoms with E-state index in [4.69, 9.17) is 5.11 Å². The van der Waals surface area contributed by atoms with Crippen molar-refractivity contribution < 1.29 is 53.4 Å². The number of ketones is 1. The third-order valence-corrected chi connectivity index (χ3v) is 5.51. The van der Waals surface area contributed by atoms with Crippen molar-refractivity contribution in [3.63, 3.8) is 0 Å². The standard InChI is InChI=1S/C25H39N7O11/c1-14(2)17(33)9-27-20(36)11-29-22(38)13-31-23(39)12-30-21(37)10-28-18(34)7-5-16(25(42)43)32-19(35)6-4-15(8-26-3)24(40)41/h8,14-16H,4-7,9-13H2,1-3H3,(H,27,36)(H,28,34)(H,29,38)(H,30,37)(H,31,39)(H,32,35)(H,40,41)(H,42,43)/t15-,16+/m1/s1. The average molecular weight is 614 g/mol. The minimum absolute atomic E-state index is 0.104. The molecule has 2 atom stereocenters. The van der Waals surface area contributed by atoms with Crippen molar-refractivity contribution in [3.8, 4) is 0 Å². The van der Waals surface area contributed by atoms with Crippen LogP contribution in [0.2, 0.25) is 0 Å². The van der Waals surface area contributed by atoms with Gasteiger partial charge in [-0.3, -0.25) is 43.3 Å². The monoisotopic (exact) mass is 613 g/mol. The fraction of sp³-hybridized carbons (Fsp3) is 0.600. The van der Waals surface area contributed by atoms with Crippen LogP contribution < -0.4 is 31.9 Å². The molecule has 0 aliphatic carbocycles. The second-order valence-corrected chi connectivity index (χ2v) is 9.39. The summed E-state index contributed by atoms with van der Waals surface area (Å²) in [4.78, 5) is 109. The number of nitrogens with zero attached hydrogens (tertiary/aromatic N) is 1. The zero-order chi connectivity index (χ0) is 32.9. The smallest absolute Gasteiger partial charge is 0.326 e. The number of carbonyl (C=O) groups excluding carboxylic acids is 7. The molecule has 0 aromatic heterocycles. The summed E-state index contributed by atoms with van der Waals surface area (Å²) in [6.07, 6.45) is 0.0910. The number of carbonyl (C=O) groups is 9. The quantitative estimate of drug-likeness (QED) is 0.0584. The first kappa shape index (κ1) is 38.1. The van der Waals surface area contributed by atoms with Gasteiger partial charge in [-0.2, -0.15) is 0 Å². The Morgan fingerprint density at radius 3 is 1.42 bits per heavy atom. The first-order chi connectivity index (χ1) is 20.2. The summed E-state index contributed by atoms with van der Waals surface area (Å²) >= 11 is 0. The predicted molar refractivity (Wildman–Crippen MR) is 148 cm³/mol. The maximum Gasteiger partial charge on any atom is 0.326 e. The molecule has 240 valence electrons. The van der Waals surface area contributed by atoms with Gasteiger partial charge in [-0.15, -0.1) is 0 Å². The van der Waals surface area contributed by atoms with Gasteiger partial charge in [-0.05, 0) is 12.8 Å². The second kappa shape index (κ2) is 20.9. The molecule has 18 nitrogen and oxygen atoms in total. The van der Waals surface area contributed by atoms with Gasteiger partial charge >= 0.3 is 11.9 Å². The molecule has 43 heavy (non-hydrogen) atoms. The zero-order valence-corrected chi connectivity index (χ0v) is 24.2. The van der Waals surface area contributed by atoms with E-state index < -0.39 is 85.5 Å². The van der Waals surface area contributed by atoms with Crippen molar-refractivity contribution in [2.24, 2.45) is 16.8 Å². The summed E-state index contributed by atoms with van der Waals surface area (Å²) in [5.41, 5.74) is 0. The molecule has 0 saturated heterocycles. The molecule has 0 saturated carbocycles. The summed E-state index contributed by atoms with van der Waals surface area (Å²) in [6.45, 7) is 1.23. The lowest BCUT2D eigenvalue weighted by molar-refractivity contribution is -0.143. The Bertz CT molecular complexity index is 1080. The highest BCUT2D eigenvalue weighted by molar-refractivity contribution is 5.92. The van der Waals surface area contributed by atoms with Crippen LogP contribution in [0.15, 0.2) is 4.99 Å². The minimum atomic E-state index is -1.43. The van der Waals surface area contributed by atoms with Crippen molar-refractivity contribution in [1.29, 1.82) is 0 Å². The van der Waals surface area contributed by atoms with Crippen LogP contribution in [0.1, 0.15) is 39.5 Å². The highest BCUT2D eigenvalue weighted by atomic mass is 16.4. The molecule has 6 amide bonds. The number of aliphatic imine (C=N–C) groups is 1. The summed E-state index contributed by atoms with van der Waals surface area (Å²) in [5.74, 6) is -8.24. The van der Waals surface area contributed by atoms with Gasteiger partial charge in [-0.25, -0.2) is 4.79 Å². The Hall–Kier alpha value is -4.90. The number of carboxylic acids is 2. The molecule has 0 rings (SSSR count). The van der Waals surface area contributed by atoms with Crippen molar-refractivity contribution in [1.82, 2.24) is 31.9 Å². The molecule has 0 spiro atoms. The van der Waals surface area contributed by atoms with Gasteiger partial charge in [0.1, 0.15) is 6.04 Å². The van der Waals surface area contributed by atoms with Crippen LogP contribution in [0.4, 0.5) is 0 Å². The lowest BCUT2D eigenvalue weighted by atomic mass is 10.0. The van der Waals surface area contributed by atoms with Crippen LogP contribution in [-0.4, -0.2) is 115 Å². The molecule has 0 unspecified atom stereocenters. The fourth-order valence-electron chi connectivity index (χ4n) is 2.97. The van der Waals surface area contributed by atoms with Gasteiger partial charge in [0.25, 0.3) is 0 Å². The van der Waals surface area contributed by atoms with E-state index in [0.717, 1.165) is 6.21 Å². The molecular formula is C25H39N7O11. The van der Waals surface area contributed by atoms with Crippen LogP contribution in [0.5, 0.6) is 0 Å². The molecule has 8 N–H and O–H groups in total. The number of nitrogens with one attached hydrogen (secondary N) is 6. The van der Waals surface area contributed by atoms with E-state index in [2.05, 4.69) is 36.9 Å². The van der Waals surface area contributed by atoms with Crippen molar-refractivity contribution in [2.45, 2.75) is 45.6 Å². The van der Waals surface area contributed by atoms with E-state index in [-0.39, 0.29) is 43.9 Å². The van der Waals surface area contributed by atoms with Crippen LogP contribution in [0.3, 0.4) is 0 Å². The summed E-state index contributed by atoms with van der Waals surface area (Å²) in [7, 11) is 1.37. The molecule has 0 aromatic rings. The lowest BCUT2D eigenvalue weighted by Gasteiger charge is -2.15. The number of hydrogen-bond acceptors (Lipinski definition) is 10. The zero-order valence-electron chi connectivity index (χ0n) is 24.2. The summed E-state index contributed by atoms with van der Waals surface area (Å²) in [6, 6.07) is -1.43. The second-order valence-electron chi connectivity index (χ2n) is 9.39. The van der Waals surface area contributed by atoms with E-state index >= 15 is 0 Å². The van der Waals surface area contributed by atoms with Gasteiger partial charge in [0.05, 0.1) is 38.6 Å². The Balaban J connectivity index is 4.27. The number of Topliss-reactive ketones (excluding diaryl/α,β-unsaturated/α-hetero) is 1. The molecule has 0 heterocycles. The Kier molecular flexibility index (Phi) is 18.5. The molecular weight excluding hydrogens is 574 g/mol. The molecule has 0 fully saturated rings. The Morgan fingerprint density at radius 2 is 1.02 bits per heavy atom. The number of carboxylic acid groups (broad SMARTS) is 2. The van der Waals surface area contributed by atoms with Crippen LogP contribution >= 0.6 is 0 Å². The number of hydrogen-bond donors (Lipinski definition) is 8. The van der Waals surface area contributed by atoms with E-state index in [1.54, 1.807) is 13.8 Å². The molecule has 0 aromatic carbocycles. The third-order valence-electron chi connectivity index (χ3n) is 5.51. The first-order valence-electron chi connectivity index (χ1n) is 13.2. The van der Waals surface area contributed by atoms with Crippen LogP contribution in [0, 0.1) is 11.8 Å². The molecule has 0 aliphatic heterocycles. The Labute approximate surface area is 247 Å². The fourth-order valence-corrected chi connectivity index (χ4v) is 2.97. The molecule has 0 radical (unpaired) electrons. The van der Waals surface area contributed by atoms with Gasteiger partial charge < -0.3 is 42.1 Å². The van der Waals surface area contributed by atoms with Crippen molar-refractivity contribution in [3.05, 3.63) is 0 Å². The van der Waals surface area contributed by atoms with Gasteiger partial charge in [0.2, 0.25) is 35.4 Å². The van der Waals surface area contributed by atoms with E-state index in [1.807, 2.05) is 0 Å². The van der Waals surface area contributed by atoms with Crippen LogP contribution in [0.25, 0.3) is 0 Å². The van der Waals surface area contributed by atoms with Crippen LogP contribution in [-0.2, 0) is 43.2 Å². The highest BCUT2D eigenvalue weighted by Crippen LogP contribution is 2.06. The van der Waals surface area contributed by atoms with E-state index in [0.29, 0.717) is 0 Å². The maximum absolute atomic E-state index is 12.0. The van der Waals surface area contributed by atoms with Gasteiger partial charge in [0.15, 0.2) is 5.78 Å². The number of aliphatic carboxylic acids is 2. The minimum Gasteiger partial charge on any atom is -0.481 e. The van der Waals surface area contributed by atoms with Crippen molar-refractivity contribution >= 4 is 59.4 Å². The third kappa shape index (κ3) is 19.0. The topological polar surface area (TPSA) is 279 Å². The molecule has 18 heteroatoms. The summed E-state index contributed by atoms with van der Waals surface area (Å²) < 4.78 is 0. The largest absolute Gasteiger partial charge is 0.481 e. The maximum atomic E-state index is 12.0. The normalized spacial score (nSPS) is 12.0. The Morgan fingerprint density at radius 1 is 0.605 bits per heavy atom. The summed E-state index contributed by atoms with van der Waals surface area (Å²) in [5, 5.41) is 31.8. The SMILES string of the molecule is CN=C[C@@H](CCC(=O)N[C@@H](CCC(=O)NCC(=O)NCC(=O)NCC(=O)NCC(=O)NCC(=O)C(C)C)C(=O)O)C(=O)O. The van der Waals surface area contributed by atoms with E-state index in [9.17, 15) is 48.3 Å². The number of rotatable bonds is 21. The van der Waals surface area contributed by atoms with Crippen molar-refractivity contribution in [2.75, 3.05) is 39.8 Å². The predicted octanol–water partition coefficient (Wildman–Crippen LogP) is -3.68. The number of amides is 6. The first-order valence-corrected chi connectivity index (χ1v) is 13.2.